The fourth-order valence-electron chi connectivity index (χ4n) is 2.31. The third-order valence-corrected chi connectivity index (χ3v) is 3.76. The van der Waals surface area contributed by atoms with Crippen molar-refractivity contribution in [1.82, 2.24) is 9.97 Å². The second kappa shape index (κ2) is 6.43. The predicted molar refractivity (Wildman–Crippen MR) is 80.8 cm³/mol. The van der Waals surface area contributed by atoms with Gasteiger partial charge in [-0.2, -0.15) is 0 Å². The number of ketones is 2. The summed E-state index contributed by atoms with van der Waals surface area (Å²) in [4.78, 5) is 32.4. The molecule has 5 heteroatoms. The molecule has 1 N–H and O–H groups in total. The highest BCUT2D eigenvalue weighted by atomic mass is 16.1. The van der Waals surface area contributed by atoms with Crippen LogP contribution in [-0.2, 0) is 9.59 Å². The van der Waals surface area contributed by atoms with Crippen LogP contribution in [0.4, 0.5) is 5.95 Å². The van der Waals surface area contributed by atoms with E-state index < -0.39 is 0 Å². The molecule has 0 fully saturated rings. The molecule has 0 aromatic carbocycles. The predicted octanol–water partition coefficient (Wildman–Crippen LogP) is 2.47. The summed E-state index contributed by atoms with van der Waals surface area (Å²) >= 11 is 0. The lowest BCUT2D eigenvalue weighted by Gasteiger charge is -2.18. The largest absolute Gasteiger partial charge is 0.354 e. The summed E-state index contributed by atoms with van der Waals surface area (Å²) in [7, 11) is 0. The first-order valence-corrected chi connectivity index (χ1v) is 7.00. The summed E-state index contributed by atoms with van der Waals surface area (Å²) in [5.74, 6) is 0.559. The van der Waals surface area contributed by atoms with Crippen molar-refractivity contribution in [3.63, 3.8) is 0 Å². The van der Waals surface area contributed by atoms with Crippen LogP contribution >= 0.6 is 0 Å². The van der Waals surface area contributed by atoms with E-state index in [1.165, 1.54) is 0 Å². The van der Waals surface area contributed by atoms with Crippen LogP contribution in [0.3, 0.4) is 0 Å². The van der Waals surface area contributed by atoms with Crippen LogP contribution in [-0.4, -0.2) is 28.1 Å². The molecule has 110 valence electrons. The number of allylic oxidation sites excluding steroid dienone is 4. The number of carbonyl (C=O) groups excluding carboxylic acids is 2. The van der Waals surface area contributed by atoms with Crippen LogP contribution in [0, 0.1) is 0 Å². The molecule has 0 radical (unpaired) electrons. The standard InChI is InChI=1S/C16H19N3O2/c1-10-11(2)15(21)13(12(3)14(10)20)6-4-7-17-16-18-8-5-9-19-16/h5,8-9H,4,6-7H2,1-3H3,(H,17,18,19). The van der Waals surface area contributed by atoms with E-state index in [9.17, 15) is 9.59 Å². The number of anilines is 1. The Morgan fingerprint density at radius 2 is 1.57 bits per heavy atom. The highest BCUT2D eigenvalue weighted by Crippen LogP contribution is 2.26. The van der Waals surface area contributed by atoms with Crippen molar-refractivity contribution < 1.29 is 9.59 Å². The molecule has 0 unspecified atom stereocenters. The van der Waals surface area contributed by atoms with Crippen LogP contribution in [0.2, 0.25) is 0 Å². The van der Waals surface area contributed by atoms with Gasteiger partial charge in [0.2, 0.25) is 5.95 Å². The first-order chi connectivity index (χ1) is 10.0. The second-order valence-electron chi connectivity index (χ2n) is 5.11. The van der Waals surface area contributed by atoms with Gasteiger partial charge in [0.05, 0.1) is 0 Å². The van der Waals surface area contributed by atoms with Crippen LogP contribution in [0.5, 0.6) is 0 Å². The Bertz CT molecular complexity index is 630. The van der Waals surface area contributed by atoms with Crippen molar-refractivity contribution in [3.8, 4) is 0 Å². The third-order valence-electron chi connectivity index (χ3n) is 3.76. The van der Waals surface area contributed by atoms with E-state index in [1.807, 2.05) is 0 Å². The van der Waals surface area contributed by atoms with Gasteiger partial charge in [0, 0.05) is 41.2 Å². The van der Waals surface area contributed by atoms with Gasteiger partial charge in [-0.05, 0) is 39.7 Å². The van der Waals surface area contributed by atoms with Crippen molar-refractivity contribution >= 4 is 17.5 Å². The number of Topliss-reactive ketones (excluding diaryl/α,β-unsaturated/α-hetero) is 2. The molecular weight excluding hydrogens is 266 g/mol. The maximum absolute atomic E-state index is 12.2. The van der Waals surface area contributed by atoms with Crippen LogP contribution < -0.4 is 5.32 Å². The average Bonchev–Trinajstić information content (AvgIpc) is 2.51. The van der Waals surface area contributed by atoms with Gasteiger partial charge in [-0.3, -0.25) is 9.59 Å². The summed E-state index contributed by atoms with van der Waals surface area (Å²) in [5.41, 5.74) is 2.36. The minimum Gasteiger partial charge on any atom is -0.354 e. The molecule has 0 spiro atoms. The van der Waals surface area contributed by atoms with E-state index in [4.69, 9.17) is 0 Å². The number of rotatable bonds is 5. The van der Waals surface area contributed by atoms with Crippen molar-refractivity contribution in [3.05, 3.63) is 40.8 Å². The third kappa shape index (κ3) is 3.24. The quantitative estimate of drug-likeness (QED) is 0.664. The Labute approximate surface area is 124 Å². The molecular formula is C16H19N3O2. The molecule has 5 nitrogen and oxygen atoms in total. The van der Waals surface area contributed by atoms with Gasteiger partial charge >= 0.3 is 0 Å². The van der Waals surface area contributed by atoms with E-state index in [0.717, 1.165) is 6.42 Å². The minimum atomic E-state index is -0.0125. The van der Waals surface area contributed by atoms with E-state index >= 15 is 0 Å². The highest BCUT2D eigenvalue weighted by Gasteiger charge is 2.27. The summed E-state index contributed by atoms with van der Waals surface area (Å²) in [5, 5.41) is 3.09. The Morgan fingerprint density at radius 1 is 0.952 bits per heavy atom. The maximum Gasteiger partial charge on any atom is 0.222 e. The number of hydrogen-bond acceptors (Lipinski definition) is 5. The van der Waals surface area contributed by atoms with Gasteiger partial charge < -0.3 is 5.32 Å². The Morgan fingerprint density at radius 3 is 2.24 bits per heavy atom. The van der Waals surface area contributed by atoms with Crippen LogP contribution in [0.25, 0.3) is 0 Å². The molecule has 0 bridgehead atoms. The maximum atomic E-state index is 12.2. The van der Waals surface area contributed by atoms with Gasteiger partial charge in [-0.15, -0.1) is 0 Å². The van der Waals surface area contributed by atoms with E-state index in [2.05, 4.69) is 15.3 Å². The van der Waals surface area contributed by atoms with Gasteiger partial charge in [0.15, 0.2) is 11.6 Å². The first-order valence-electron chi connectivity index (χ1n) is 7.00. The van der Waals surface area contributed by atoms with Crippen molar-refractivity contribution in [2.45, 2.75) is 33.6 Å². The molecule has 2 rings (SSSR count). The number of nitrogens with zero attached hydrogens (tertiary/aromatic N) is 2. The van der Waals surface area contributed by atoms with Crippen LogP contribution in [0.1, 0.15) is 33.6 Å². The molecule has 0 saturated heterocycles. The molecule has 1 aromatic heterocycles. The summed E-state index contributed by atoms with van der Waals surface area (Å²) < 4.78 is 0. The molecule has 1 aliphatic carbocycles. The summed E-state index contributed by atoms with van der Waals surface area (Å²) in [6.07, 6.45) is 4.67. The van der Waals surface area contributed by atoms with Gasteiger partial charge in [-0.1, -0.05) is 0 Å². The van der Waals surface area contributed by atoms with E-state index in [-0.39, 0.29) is 11.6 Å². The molecule has 1 aromatic rings. The highest BCUT2D eigenvalue weighted by molar-refractivity contribution is 6.24. The van der Waals surface area contributed by atoms with Crippen molar-refractivity contribution in [2.75, 3.05) is 11.9 Å². The topological polar surface area (TPSA) is 72.0 Å². The second-order valence-corrected chi connectivity index (χ2v) is 5.11. The fraction of sp³-hybridized carbons (Fsp3) is 0.375. The molecule has 0 atom stereocenters. The summed E-state index contributed by atoms with van der Waals surface area (Å²) in [6, 6.07) is 1.75. The molecule has 1 heterocycles. The molecule has 0 aliphatic heterocycles. The fourth-order valence-corrected chi connectivity index (χ4v) is 2.31. The SMILES string of the molecule is CC1=C(C)C(=O)C(CCCNc2ncccn2)=C(C)C1=O. The molecule has 21 heavy (non-hydrogen) atoms. The van der Waals surface area contributed by atoms with Crippen molar-refractivity contribution in [2.24, 2.45) is 0 Å². The minimum absolute atomic E-state index is 0.000520. The smallest absolute Gasteiger partial charge is 0.222 e. The lowest BCUT2D eigenvalue weighted by Crippen LogP contribution is -2.21. The number of nitrogens with one attached hydrogen (secondary N) is 1. The molecule has 1 aliphatic rings. The monoisotopic (exact) mass is 285 g/mol. The van der Waals surface area contributed by atoms with Gasteiger partial charge in [0.25, 0.3) is 0 Å². The Kier molecular flexibility index (Phi) is 4.62. The normalized spacial score (nSPS) is 15.8. The molecule has 0 amide bonds. The zero-order valence-corrected chi connectivity index (χ0v) is 12.6. The average molecular weight is 285 g/mol. The van der Waals surface area contributed by atoms with Gasteiger partial charge in [-0.25, -0.2) is 9.97 Å². The first kappa shape index (κ1) is 15.1. The lowest BCUT2D eigenvalue weighted by molar-refractivity contribution is -0.116. The number of aromatic nitrogens is 2. The number of hydrogen-bond donors (Lipinski definition) is 1. The van der Waals surface area contributed by atoms with Crippen molar-refractivity contribution in [1.29, 1.82) is 0 Å². The Hall–Kier alpha value is -2.30. The van der Waals surface area contributed by atoms with Crippen LogP contribution in [0.15, 0.2) is 40.8 Å². The van der Waals surface area contributed by atoms with E-state index in [1.54, 1.807) is 39.2 Å². The summed E-state index contributed by atoms with van der Waals surface area (Å²) in [6.45, 7) is 5.82. The van der Waals surface area contributed by atoms with Gasteiger partial charge in [0.1, 0.15) is 0 Å². The number of carbonyl (C=O) groups is 2. The molecule has 0 saturated carbocycles. The zero-order valence-electron chi connectivity index (χ0n) is 12.6. The zero-order chi connectivity index (χ0) is 15.4. The van der Waals surface area contributed by atoms with E-state index in [0.29, 0.717) is 41.2 Å². The lowest BCUT2D eigenvalue weighted by atomic mass is 9.84. The Balaban J connectivity index is 1.94.